The number of aryl methyl sites for hydroxylation is 1. The monoisotopic (exact) mass is 483 g/mol. The summed E-state index contributed by atoms with van der Waals surface area (Å²) in [5.74, 6) is 3.67. The molecule has 1 aromatic carbocycles. The number of ether oxygens (including phenoxy) is 1. The van der Waals surface area contributed by atoms with Gasteiger partial charge in [0.05, 0.1) is 17.9 Å². The second-order valence-electron chi connectivity index (χ2n) is 11.8. The van der Waals surface area contributed by atoms with E-state index < -0.39 is 0 Å². The number of aromatic nitrogens is 1. The normalized spacial score (nSPS) is 24.5. The van der Waals surface area contributed by atoms with Crippen molar-refractivity contribution in [2.45, 2.75) is 70.8 Å². The molecule has 1 N–H and O–H groups in total. The lowest BCUT2D eigenvalue weighted by molar-refractivity contribution is 0.0826. The predicted octanol–water partition coefficient (Wildman–Crippen LogP) is 5.12. The first-order valence-corrected chi connectivity index (χ1v) is 14.1. The van der Waals surface area contributed by atoms with Crippen LogP contribution in [-0.2, 0) is 13.0 Å². The van der Waals surface area contributed by atoms with Crippen LogP contribution in [0.2, 0.25) is 0 Å². The Morgan fingerprint density at radius 3 is 2.51 bits per heavy atom. The van der Waals surface area contributed by atoms with Crippen LogP contribution in [0.15, 0.2) is 16.7 Å². The van der Waals surface area contributed by atoms with Gasteiger partial charge in [0.2, 0.25) is 0 Å². The first kappa shape index (κ1) is 25.0. The van der Waals surface area contributed by atoms with E-state index in [2.05, 4.69) is 41.2 Å². The maximum absolute atomic E-state index is 9.75. The van der Waals surface area contributed by atoms with Crippen molar-refractivity contribution < 1.29 is 14.4 Å². The number of aliphatic hydroxyl groups is 1. The van der Waals surface area contributed by atoms with E-state index in [-0.39, 0.29) is 0 Å². The standard InChI is InChI=1S/C29H45N3O3/c1-31(2)18-26-28(34-20-22-7-8-22)12-10-25-27(30-35-29(25)26)11-9-21-13-15-32(16-14-21)17-23-5-3-4-6-24(23)19-33/h10,12,21-24,33H,3-9,11,13-20H2,1-2H3/t23-,24?/m1/s1. The molecule has 5 rings (SSSR count). The molecule has 35 heavy (non-hydrogen) atoms. The summed E-state index contributed by atoms with van der Waals surface area (Å²) >= 11 is 0. The van der Waals surface area contributed by atoms with E-state index >= 15 is 0 Å². The smallest absolute Gasteiger partial charge is 0.175 e. The molecule has 3 fully saturated rings. The number of hydrogen-bond acceptors (Lipinski definition) is 6. The predicted molar refractivity (Wildman–Crippen MR) is 140 cm³/mol. The summed E-state index contributed by atoms with van der Waals surface area (Å²) in [6, 6.07) is 4.29. The molecule has 2 aromatic rings. The highest BCUT2D eigenvalue weighted by Gasteiger charge is 2.29. The molecule has 2 saturated carbocycles. The van der Waals surface area contributed by atoms with Crippen LogP contribution in [-0.4, -0.2) is 67.0 Å². The Morgan fingerprint density at radius 1 is 1.03 bits per heavy atom. The third kappa shape index (κ3) is 6.39. The SMILES string of the molecule is CN(C)Cc1c(OCC2CC2)ccc2c(CCC3CCN(C[C@H]4CCCCC4CO)CC3)noc12. The molecule has 0 amide bonds. The van der Waals surface area contributed by atoms with Gasteiger partial charge >= 0.3 is 0 Å². The van der Waals surface area contributed by atoms with Crippen LogP contribution in [0.3, 0.4) is 0 Å². The van der Waals surface area contributed by atoms with Crippen LogP contribution in [0.25, 0.3) is 11.0 Å². The summed E-state index contributed by atoms with van der Waals surface area (Å²) in [5.41, 5.74) is 3.14. The van der Waals surface area contributed by atoms with E-state index in [1.54, 1.807) is 0 Å². The molecule has 0 bridgehead atoms. The van der Waals surface area contributed by atoms with Crippen molar-refractivity contribution in [2.75, 3.05) is 46.9 Å². The number of likely N-dealkylation sites (tertiary alicyclic amines) is 1. The van der Waals surface area contributed by atoms with Gasteiger partial charge in [0, 0.05) is 25.1 Å². The Bertz CT molecular complexity index is 946. The van der Waals surface area contributed by atoms with Crippen LogP contribution in [0.5, 0.6) is 5.75 Å². The lowest BCUT2D eigenvalue weighted by atomic mass is 9.79. The second-order valence-corrected chi connectivity index (χ2v) is 11.8. The molecule has 0 radical (unpaired) electrons. The van der Waals surface area contributed by atoms with Gasteiger partial charge in [-0.25, -0.2) is 0 Å². The van der Waals surface area contributed by atoms with Crippen molar-refractivity contribution in [3.8, 4) is 5.75 Å². The topological polar surface area (TPSA) is 62.0 Å². The zero-order valence-electron chi connectivity index (χ0n) is 21.9. The van der Waals surface area contributed by atoms with Crippen molar-refractivity contribution >= 4 is 11.0 Å². The maximum Gasteiger partial charge on any atom is 0.175 e. The van der Waals surface area contributed by atoms with Crippen LogP contribution < -0.4 is 4.74 Å². The summed E-state index contributed by atoms with van der Waals surface area (Å²) in [4.78, 5) is 4.84. The van der Waals surface area contributed by atoms with Gasteiger partial charge in [-0.3, -0.25) is 0 Å². The van der Waals surface area contributed by atoms with Crippen LogP contribution >= 0.6 is 0 Å². The molecule has 2 heterocycles. The molecule has 6 heteroatoms. The Hall–Kier alpha value is -1.63. The molecule has 2 atom stereocenters. The van der Waals surface area contributed by atoms with Gasteiger partial charge in [-0.15, -0.1) is 0 Å². The van der Waals surface area contributed by atoms with Gasteiger partial charge in [-0.05, 0) is 114 Å². The fourth-order valence-electron chi connectivity index (χ4n) is 6.26. The zero-order chi connectivity index (χ0) is 24.2. The molecule has 1 saturated heterocycles. The highest BCUT2D eigenvalue weighted by Crippen LogP contribution is 2.35. The number of piperidine rings is 1. The lowest BCUT2D eigenvalue weighted by Crippen LogP contribution is -2.40. The number of benzene rings is 1. The first-order chi connectivity index (χ1) is 17.1. The highest BCUT2D eigenvalue weighted by atomic mass is 16.5. The number of fused-ring (bicyclic) bond motifs is 1. The van der Waals surface area contributed by atoms with E-state index in [9.17, 15) is 5.11 Å². The average Bonchev–Trinajstić information content (AvgIpc) is 3.61. The average molecular weight is 484 g/mol. The minimum atomic E-state index is 0.372. The van der Waals surface area contributed by atoms with Crippen molar-refractivity contribution in [2.24, 2.45) is 23.7 Å². The van der Waals surface area contributed by atoms with E-state index in [1.807, 2.05) is 0 Å². The van der Waals surface area contributed by atoms with Gasteiger partial charge in [0.15, 0.2) is 5.58 Å². The molecule has 1 aromatic heterocycles. The molecule has 2 aliphatic carbocycles. The van der Waals surface area contributed by atoms with Crippen molar-refractivity contribution in [3.05, 3.63) is 23.4 Å². The van der Waals surface area contributed by atoms with Crippen molar-refractivity contribution in [1.29, 1.82) is 0 Å². The Kier molecular flexibility index (Phi) is 8.31. The van der Waals surface area contributed by atoms with Gasteiger partial charge < -0.3 is 24.2 Å². The van der Waals surface area contributed by atoms with Crippen LogP contribution in [0.1, 0.15) is 69.0 Å². The first-order valence-electron chi connectivity index (χ1n) is 14.1. The van der Waals surface area contributed by atoms with Gasteiger partial charge in [0.25, 0.3) is 0 Å². The quantitative estimate of drug-likeness (QED) is 0.479. The summed E-state index contributed by atoms with van der Waals surface area (Å²) in [5, 5.41) is 15.4. The van der Waals surface area contributed by atoms with Gasteiger partial charge in [0.1, 0.15) is 5.75 Å². The third-order valence-corrected chi connectivity index (χ3v) is 8.71. The fourth-order valence-corrected chi connectivity index (χ4v) is 6.26. The van der Waals surface area contributed by atoms with E-state index in [0.717, 1.165) is 59.4 Å². The Morgan fingerprint density at radius 2 is 1.80 bits per heavy atom. The minimum absolute atomic E-state index is 0.372. The zero-order valence-corrected chi connectivity index (χ0v) is 21.9. The molecular weight excluding hydrogens is 438 g/mol. The molecule has 6 nitrogen and oxygen atoms in total. The minimum Gasteiger partial charge on any atom is -0.493 e. The summed E-state index contributed by atoms with van der Waals surface area (Å²) in [6.07, 6.45) is 12.5. The number of nitrogens with zero attached hydrogens (tertiary/aromatic N) is 3. The lowest BCUT2D eigenvalue weighted by Gasteiger charge is -2.38. The summed E-state index contributed by atoms with van der Waals surface area (Å²) in [6.45, 7) is 5.57. The molecule has 3 aliphatic rings. The number of aliphatic hydroxyl groups excluding tert-OH is 1. The van der Waals surface area contributed by atoms with Crippen molar-refractivity contribution in [3.63, 3.8) is 0 Å². The largest absolute Gasteiger partial charge is 0.493 e. The van der Waals surface area contributed by atoms with Gasteiger partial charge in [-0.1, -0.05) is 18.0 Å². The van der Waals surface area contributed by atoms with E-state index in [4.69, 9.17) is 9.26 Å². The molecule has 1 unspecified atom stereocenters. The van der Waals surface area contributed by atoms with Crippen molar-refractivity contribution in [1.82, 2.24) is 15.0 Å². The van der Waals surface area contributed by atoms with E-state index in [0.29, 0.717) is 18.4 Å². The second kappa shape index (κ2) is 11.6. The highest BCUT2D eigenvalue weighted by molar-refractivity contribution is 5.84. The number of hydrogen-bond donors (Lipinski definition) is 1. The molecular formula is C29H45N3O3. The number of rotatable bonds is 11. The maximum atomic E-state index is 9.75. The van der Waals surface area contributed by atoms with E-state index in [1.165, 1.54) is 77.4 Å². The summed E-state index contributed by atoms with van der Waals surface area (Å²) < 4.78 is 12.1. The van der Waals surface area contributed by atoms with Crippen LogP contribution in [0.4, 0.5) is 0 Å². The third-order valence-electron chi connectivity index (χ3n) is 8.71. The molecule has 1 aliphatic heterocycles. The molecule has 194 valence electrons. The van der Waals surface area contributed by atoms with Crippen LogP contribution in [0, 0.1) is 23.7 Å². The Balaban J connectivity index is 1.16. The summed E-state index contributed by atoms with van der Waals surface area (Å²) in [7, 11) is 4.18. The Labute approximate surface area is 211 Å². The molecule has 0 spiro atoms. The van der Waals surface area contributed by atoms with Gasteiger partial charge in [-0.2, -0.15) is 0 Å². The fraction of sp³-hybridized carbons (Fsp3) is 0.759.